The third kappa shape index (κ3) is 2.97. The van der Waals surface area contributed by atoms with E-state index in [1.165, 1.54) is 0 Å². The number of hydrogen-bond donors (Lipinski definition) is 3. The van der Waals surface area contributed by atoms with E-state index in [0.717, 1.165) is 5.69 Å². The molecule has 0 heterocycles. The molecule has 0 aliphatic carbocycles. The molecule has 1 unspecified atom stereocenters. The molecule has 0 bridgehead atoms. The first-order valence-electron chi connectivity index (χ1n) is 4.42. The lowest BCUT2D eigenvalue weighted by atomic mass is 10.2. The van der Waals surface area contributed by atoms with Crippen LogP contribution >= 0.6 is 0 Å². The summed E-state index contributed by atoms with van der Waals surface area (Å²) in [6.07, 6.45) is 0. The smallest absolute Gasteiger partial charge is 0.308 e. The molecule has 1 aromatic carbocycles. The van der Waals surface area contributed by atoms with Crippen LogP contribution in [-0.2, 0) is 4.79 Å². The van der Waals surface area contributed by atoms with E-state index >= 15 is 0 Å². The molecule has 1 aromatic rings. The van der Waals surface area contributed by atoms with Crippen LogP contribution in [0, 0.1) is 5.92 Å². The van der Waals surface area contributed by atoms with Gasteiger partial charge in [-0.3, -0.25) is 4.79 Å². The average Bonchev–Trinajstić information content (AvgIpc) is 2.16. The normalized spacial score (nSPS) is 12.1. The summed E-state index contributed by atoms with van der Waals surface area (Å²) in [5.74, 6) is -1.19. The van der Waals surface area contributed by atoms with E-state index < -0.39 is 11.9 Å². The first-order valence-corrected chi connectivity index (χ1v) is 4.42. The second-order valence-corrected chi connectivity index (χ2v) is 3.24. The molecule has 0 saturated carbocycles. The lowest BCUT2D eigenvalue weighted by molar-refractivity contribution is -0.140. The Morgan fingerprint density at radius 3 is 2.57 bits per heavy atom. The maximum Gasteiger partial charge on any atom is 0.308 e. The van der Waals surface area contributed by atoms with Crippen molar-refractivity contribution in [2.24, 2.45) is 5.92 Å². The minimum Gasteiger partial charge on any atom is -0.481 e. The van der Waals surface area contributed by atoms with Crippen molar-refractivity contribution >= 4 is 17.3 Å². The Balaban J connectivity index is 2.46. The minimum atomic E-state index is -0.798. The molecule has 76 valence electrons. The Bertz CT molecular complexity index is 308. The Hall–Kier alpha value is -1.71. The Kier molecular flexibility index (Phi) is 3.34. The zero-order valence-electron chi connectivity index (χ0n) is 8.03. The van der Waals surface area contributed by atoms with E-state index in [0.29, 0.717) is 12.2 Å². The van der Waals surface area contributed by atoms with E-state index in [4.69, 9.17) is 10.8 Å². The quantitative estimate of drug-likeness (QED) is 0.633. The predicted octanol–water partition coefficient (Wildman–Crippen LogP) is 1.40. The van der Waals surface area contributed by atoms with Crippen molar-refractivity contribution in [3.05, 3.63) is 24.3 Å². The Morgan fingerprint density at radius 1 is 1.50 bits per heavy atom. The van der Waals surface area contributed by atoms with Crippen molar-refractivity contribution in [3.8, 4) is 0 Å². The fraction of sp³-hybridized carbons (Fsp3) is 0.300. The maximum absolute atomic E-state index is 10.5. The number of nitrogens with one attached hydrogen (secondary N) is 1. The largest absolute Gasteiger partial charge is 0.481 e. The Labute approximate surface area is 82.7 Å². The molecular formula is C10H14N2O2. The zero-order valence-corrected chi connectivity index (χ0v) is 8.03. The molecule has 0 aliphatic rings. The van der Waals surface area contributed by atoms with Crippen LogP contribution in [0.5, 0.6) is 0 Å². The van der Waals surface area contributed by atoms with Crippen LogP contribution in [0.3, 0.4) is 0 Å². The fourth-order valence-corrected chi connectivity index (χ4v) is 0.959. The van der Waals surface area contributed by atoms with Gasteiger partial charge in [-0.15, -0.1) is 0 Å². The first kappa shape index (κ1) is 10.4. The van der Waals surface area contributed by atoms with Gasteiger partial charge in [0, 0.05) is 17.9 Å². The summed E-state index contributed by atoms with van der Waals surface area (Å²) in [4.78, 5) is 10.5. The van der Waals surface area contributed by atoms with Crippen molar-refractivity contribution < 1.29 is 9.90 Å². The van der Waals surface area contributed by atoms with Crippen molar-refractivity contribution in [1.29, 1.82) is 0 Å². The highest BCUT2D eigenvalue weighted by Gasteiger charge is 2.09. The van der Waals surface area contributed by atoms with Gasteiger partial charge in [0.1, 0.15) is 0 Å². The van der Waals surface area contributed by atoms with Crippen LogP contribution in [0.4, 0.5) is 11.4 Å². The molecule has 0 aliphatic heterocycles. The monoisotopic (exact) mass is 194 g/mol. The van der Waals surface area contributed by atoms with Gasteiger partial charge in [0.05, 0.1) is 5.92 Å². The second kappa shape index (κ2) is 4.50. The van der Waals surface area contributed by atoms with Crippen molar-refractivity contribution in [2.45, 2.75) is 6.92 Å². The lowest BCUT2D eigenvalue weighted by Gasteiger charge is -2.09. The molecule has 0 spiro atoms. The first-order chi connectivity index (χ1) is 6.59. The van der Waals surface area contributed by atoms with E-state index in [1.807, 2.05) is 12.1 Å². The molecule has 14 heavy (non-hydrogen) atoms. The molecule has 1 rings (SSSR count). The van der Waals surface area contributed by atoms with Crippen LogP contribution in [-0.4, -0.2) is 17.6 Å². The van der Waals surface area contributed by atoms with Crippen LogP contribution in [0.1, 0.15) is 6.92 Å². The fourth-order valence-electron chi connectivity index (χ4n) is 0.959. The van der Waals surface area contributed by atoms with Gasteiger partial charge in [0.25, 0.3) is 0 Å². The summed E-state index contributed by atoms with van der Waals surface area (Å²) in [6, 6.07) is 7.19. The number of aliphatic carboxylic acids is 1. The maximum atomic E-state index is 10.5. The number of hydrogen-bond acceptors (Lipinski definition) is 3. The summed E-state index contributed by atoms with van der Waals surface area (Å²) >= 11 is 0. The summed E-state index contributed by atoms with van der Waals surface area (Å²) in [5, 5.41) is 11.7. The highest BCUT2D eigenvalue weighted by atomic mass is 16.4. The zero-order chi connectivity index (χ0) is 10.6. The summed E-state index contributed by atoms with van der Waals surface area (Å²) in [6.45, 7) is 2.08. The van der Waals surface area contributed by atoms with Crippen LogP contribution < -0.4 is 11.1 Å². The topological polar surface area (TPSA) is 75.3 Å². The van der Waals surface area contributed by atoms with Gasteiger partial charge in [-0.2, -0.15) is 0 Å². The van der Waals surface area contributed by atoms with E-state index in [9.17, 15) is 4.79 Å². The molecule has 1 atom stereocenters. The van der Waals surface area contributed by atoms with E-state index in [1.54, 1.807) is 19.1 Å². The SMILES string of the molecule is CC(CNc1ccc(N)cc1)C(=O)O. The molecule has 4 nitrogen and oxygen atoms in total. The van der Waals surface area contributed by atoms with Crippen LogP contribution in [0.15, 0.2) is 24.3 Å². The van der Waals surface area contributed by atoms with Crippen LogP contribution in [0.25, 0.3) is 0 Å². The molecule has 4 N–H and O–H groups in total. The highest BCUT2D eigenvalue weighted by Crippen LogP contribution is 2.10. The standard InChI is InChI=1S/C10H14N2O2/c1-7(10(13)14)6-12-9-4-2-8(11)3-5-9/h2-5,7,12H,6,11H2,1H3,(H,13,14). The van der Waals surface area contributed by atoms with Crippen LogP contribution in [0.2, 0.25) is 0 Å². The predicted molar refractivity (Wildman–Crippen MR) is 56.1 cm³/mol. The van der Waals surface area contributed by atoms with Crippen molar-refractivity contribution in [3.63, 3.8) is 0 Å². The number of nitrogen functional groups attached to an aromatic ring is 1. The second-order valence-electron chi connectivity index (χ2n) is 3.24. The van der Waals surface area contributed by atoms with Gasteiger partial charge < -0.3 is 16.2 Å². The molecule has 0 aromatic heterocycles. The number of anilines is 2. The molecule has 0 radical (unpaired) electrons. The number of carboxylic acid groups (broad SMARTS) is 1. The van der Waals surface area contributed by atoms with Crippen molar-refractivity contribution in [1.82, 2.24) is 0 Å². The minimum absolute atomic E-state index is 0.396. The Morgan fingerprint density at radius 2 is 2.07 bits per heavy atom. The molecule has 4 heteroatoms. The third-order valence-electron chi connectivity index (χ3n) is 1.94. The van der Waals surface area contributed by atoms with Gasteiger partial charge >= 0.3 is 5.97 Å². The molecule has 0 fully saturated rings. The molecular weight excluding hydrogens is 180 g/mol. The van der Waals surface area contributed by atoms with Crippen molar-refractivity contribution in [2.75, 3.05) is 17.6 Å². The molecule has 0 amide bonds. The van der Waals surface area contributed by atoms with Gasteiger partial charge in [0.2, 0.25) is 0 Å². The van der Waals surface area contributed by atoms with E-state index in [2.05, 4.69) is 5.32 Å². The molecule has 0 saturated heterocycles. The summed E-state index contributed by atoms with van der Waals surface area (Å²) in [5.41, 5.74) is 7.09. The number of benzene rings is 1. The number of carboxylic acids is 1. The average molecular weight is 194 g/mol. The summed E-state index contributed by atoms with van der Waals surface area (Å²) < 4.78 is 0. The number of rotatable bonds is 4. The van der Waals surface area contributed by atoms with Gasteiger partial charge in [-0.25, -0.2) is 0 Å². The van der Waals surface area contributed by atoms with E-state index in [-0.39, 0.29) is 0 Å². The van der Waals surface area contributed by atoms with Gasteiger partial charge in [-0.1, -0.05) is 6.92 Å². The van der Waals surface area contributed by atoms with Gasteiger partial charge in [0.15, 0.2) is 0 Å². The summed E-state index contributed by atoms with van der Waals surface area (Å²) in [7, 11) is 0. The third-order valence-corrected chi connectivity index (χ3v) is 1.94. The number of carbonyl (C=O) groups is 1. The lowest BCUT2D eigenvalue weighted by Crippen LogP contribution is -2.19. The van der Waals surface area contributed by atoms with Gasteiger partial charge in [-0.05, 0) is 24.3 Å². The number of nitrogens with two attached hydrogens (primary N) is 1. The highest BCUT2D eigenvalue weighted by molar-refractivity contribution is 5.70.